The summed E-state index contributed by atoms with van der Waals surface area (Å²) < 4.78 is 11.8. The van der Waals surface area contributed by atoms with Gasteiger partial charge in [-0.2, -0.15) is 0 Å². The zero-order chi connectivity index (χ0) is 23.5. The van der Waals surface area contributed by atoms with Crippen molar-refractivity contribution in [3.8, 4) is 0 Å². The van der Waals surface area contributed by atoms with Crippen molar-refractivity contribution < 1.29 is 9.47 Å². The highest BCUT2D eigenvalue weighted by Gasteiger charge is 2.34. The fraction of sp³-hybridized carbons (Fsp3) is 0.444. The summed E-state index contributed by atoms with van der Waals surface area (Å²) in [5, 5.41) is 0. The van der Waals surface area contributed by atoms with Crippen LogP contribution in [0.3, 0.4) is 0 Å². The molecule has 0 amide bonds. The highest BCUT2D eigenvalue weighted by Crippen LogP contribution is 2.35. The molecular formula is C27H33N5O2. The maximum absolute atomic E-state index is 6.21. The Labute approximate surface area is 201 Å². The predicted molar refractivity (Wildman–Crippen MR) is 133 cm³/mol. The van der Waals surface area contributed by atoms with Crippen LogP contribution < -0.4 is 9.80 Å². The summed E-state index contributed by atoms with van der Waals surface area (Å²) in [6.07, 6.45) is 4.69. The van der Waals surface area contributed by atoms with E-state index in [2.05, 4.69) is 63.9 Å². The van der Waals surface area contributed by atoms with Gasteiger partial charge < -0.3 is 19.3 Å². The molecule has 2 unspecified atom stereocenters. The molecule has 0 bridgehead atoms. The van der Waals surface area contributed by atoms with Crippen molar-refractivity contribution in [2.24, 2.45) is 0 Å². The van der Waals surface area contributed by atoms with Crippen molar-refractivity contribution in [3.05, 3.63) is 77.1 Å². The van der Waals surface area contributed by atoms with Gasteiger partial charge in [0.25, 0.3) is 0 Å². The second kappa shape index (κ2) is 10.1. The van der Waals surface area contributed by atoms with Gasteiger partial charge in [-0.05, 0) is 63.1 Å². The number of morpholine rings is 2. The number of nitrogens with zero attached hydrogens (tertiary/aromatic N) is 5. The van der Waals surface area contributed by atoms with E-state index in [1.165, 1.54) is 11.3 Å². The monoisotopic (exact) mass is 459 g/mol. The van der Waals surface area contributed by atoms with Gasteiger partial charge in [0.2, 0.25) is 0 Å². The lowest BCUT2D eigenvalue weighted by Crippen LogP contribution is -2.49. The van der Waals surface area contributed by atoms with Crippen LogP contribution in [-0.2, 0) is 15.9 Å². The van der Waals surface area contributed by atoms with Crippen molar-refractivity contribution in [3.63, 3.8) is 0 Å². The normalized spacial score (nSPS) is 21.0. The van der Waals surface area contributed by atoms with Gasteiger partial charge in [0, 0.05) is 42.1 Å². The predicted octanol–water partition coefficient (Wildman–Crippen LogP) is 3.82. The average Bonchev–Trinajstić information content (AvgIpc) is 2.86. The van der Waals surface area contributed by atoms with E-state index in [0.717, 1.165) is 61.2 Å². The molecule has 3 aromatic heterocycles. The van der Waals surface area contributed by atoms with E-state index in [4.69, 9.17) is 14.5 Å². The van der Waals surface area contributed by atoms with Crippen LogP contribution >= 0.6 is 0 Å². The quantitative estimate of drug-likeness (QED) is 0.575. The molecule has 7 nitrogen and oxygen atoms in total. The molecule has 0 N–H and O–H groups in total. The molecular weight excluding hydrogens is 426 g/mol. The SMILES string of the molecule is Cc1ccc(N2C(Cc3cccnc3C)COCC2c2cc(N3CCOCC3)cc(C)n2)cn1. The lowest BCUT2D eigenvalue weighted by atomic mass is 9.98. The van der Waals surface area contributed by atoms with Crippen molar-refractivity contribution in [2.75, 3.05) is 49.3 Å². The molecule has 2 atom stereocenters. The third-order valence-corrected chi connectivity index (χ3v) is 6.76. The molecule has 0 spiro atoms. The van der Waals surface area contributed by atoms with Crippen molar-refractivity contribution in [1.82, 2.24) is 15.0 Å². The third kappa shape index (κ3) is 4.91. The van der Waals surface area contributed by atoms with Gasteiger partial charge in [0.15, 0.2) is 0 Å². The average molecular weight is 460 g/mol. The Balaban J connectivity index is 1.52. The van der Waals surface area contributed by atoms with Crippen LogP contribution in [-0.4, -0.2) is 60.5 Å². The van der Waals surface area contributed by atoms with E-state index in [-0.39, 0.29) is 12.1 Å². The topological polar surface area (TPSA) is 63.6 Å². The van der Waals surface area contributed by atoms with E-state index >= 15 is 0 Å². The van der Waals surface area contributed by atoms with Gasteiger partial charge in [-0.15, -0.1) is 0 Å². The second-order valence-electron chi connectivity index (χ2n) is 9.22. The highest BCUT2D eigenvalue weighted by atomic mass is 16.5. The number of aromatic nitrogens is 3. The maximum Gasteiger partial charge on any atom is 0.0952 e. The Hall–Kier alpha value is -3.03. The van der Waals surface area contributed by atoms with E-state index in [9.17, 15) is 0 Å². The van der Waals surface area contributed by atoms with Crippen LogP contribution in [0.25, 0.3) is 0 Å². The minimum absolute atomic E-state index is 0.0000702. The summed E-state index contributed by atoms with van der Waals surface area (Å²) in [4.78, 5) is 19.0. The zero-order valence-corrected chi connectivity index (χ0v) is 20.3. The standard InChI is InChI=1S/C27H33N5O2/c1-19-6-7-23(16-29-19)32-25(14-22-5-4-8-28-21(22)3)17-34-18-27(32)26-15-24(13-20(2)30-26)31-9-11-33-12-10-31/h4-8,13,15-16,25,27H,9-12,14,17-18H2,1-3H3. The van der Waals surface area contributed by atoms with E-state index in [1.54, 1.807) is 0 Å². The number of ether oxygens (including phenoxy) is 2. The van der Waals surface area contributed by atoms with Crippen LogP contribution in [0, 0.1) is 20.8 Å². The molecule has 2 saturated heterocycles. The van der Waals surface area contributed by atoms with Gasteiger partial charge in [0.1, 0.15) is 0 Å². The minimum atomic E-state index is -0.0000702. The maximum atomic E-state index is 6.21. The van der Waals surface area contributed by atoms with Gasteiger partial charge in [-0.3, -0.25) is 15.0 Å². The molecule has 2 fully saturated rings. The largest absolute Gasteiger partial charge is 0.378 e. The van der Waals surface area contributed by atoms with Crippen molar-refractivity contribution in [2.45, 2.75) is 39.3 Å². The fourth-order valence-corrected chi connectivity index (χ4v) is 4.96. The smallest absolute Gasteiger partial charge is 0.0952 e. The summed E-state index contributed by atoms with van der Waals surface area (Å²) in [5.74, 6) is 0. The van der Waals surface area contributed by atoms with Crippen molar-refractivity contribution >= 4 is 11.4 Å². The molecule has 5 rings (SSSR count). The molecule has 3 aromatic rings. The molecule has 0 aromatic carbocycles. The molecule has 0 radical (unpaired) electrons. The highest BCUT2D eigenvalue weighted by molar-refractivity contribution is 5.53. The molecule has 2 aliphatic heterocycles. The second-order valence-corrected chi connectivity index (χ2v) is 9.22. The van der Waals surface area contributed by atoms with Gasteiger partial charge in [-0.1, -0.05) is 6.07 Å². The molecule has 34 heavy (non-hydrogen) atoms. The molecule has 0 saturated carbocycles. The van der Waals surface area contributed by atoms with Crippen LogP contribution in [0.5, 0.6) is 0 Å². The minimum Gasteiger partial charge on any atom is -0.378 e. The van der Waals surface area contributed by atoms with E-state index in [0.29, 0.717) is 13.2 Å². The van der Waals surface area contributed by atoms with E-state index < -0.39 is 0 Å². The van der Waals surface area contributed by atoms with Gasteiger partial charge in [0.05, 0.1) is 56.1 Å². The molecule has 178 valence electrons. The first-order chi connectivity index (χ1) is 16.6. The molecule has 7 heteroatoms. The summed E-state index contributed by atoms with van der Waals surface area (Å²) in [7, 11) is 0. The van der Waals surface area contributed by atoms with Gasteiger partial charge >= 0.3 is 0 Å². The number of aryl methyl sites for hydroxylation is 3. The molecule has 0 aliphatic carbocycles. The first-order valence-corrected chi connectivity index (χ1v) is 12.1. The van der Waals surface area contributed by atoms with Crippen LogP contribution in [0.15, 0.2) is 48.8 Å². The van der Waals surface area contributed by atoms with Gasteiger partial charge in [-0.25, -0.2) is 0 Å². The summed E-state index contributed by atoms with van der Waals surface area (Å²) in [6, 6.07) is 13.0. The first-order valence-electron chi connectivity index (χ1n) is 12.1. The molecule has 2 aliphatic rings. The number of hydrogen-bond donors (Lipinski definition) is 0. The first kappa shape index (κ1) is 22.7. The van der Waals surface area contributed by atoms with E-state index in [1.807, 2.05) is 25.4 Å². The molecule has 5 heterocycles. The summed E-state index contributed by atoms with van der Waals surface area (Å²) in [5.41, 5.74) is 7.68. The Bertz CT molecular complexity index is 1110. The number of anilines is 2. The van der Waals surface area contributed by atoms with Crippen molar-refractivity contribution in [1.29, 1.82) is 0 Å². The Morgan fingerprint density at radius 3 is 2.53 bits per heavy atom. The Morgan fingerprint density at radius 2 is 1.76 bits per heavy atom. The lowest BCUT2D eigenvalue weighted by Gasteiger charge is -2.43. The number of pyridine rings is 3. The van der Waals surface area contributed by atoms with Crippen LogP contribution in [0.1, 0.15) is 34.4 Å². The van der Waals surface area contributed by atoms with Crippen LogP contribution in [0.2, 0.25) is 0 Å². The Morgan fingerprint density at radius 1 is 0.912 bits per heavy atom. The lowest BCUT2D eigenvalue weighted by molar-refractivity contribution is 0.0650. The van der Waals surface area contributed by atoms with Crippen LogP contribution in [0.4, 0.5) is 11.4 Å². The summed E-state index contributed by atoms with van der Waals surface area (Å²) in [6.45, 7) is 10.7. The third-order valence-electron chi connectivity index (χ3n) is 6.76. The summed E-state index contributed by atoms with van der Waals surface area (Å²) >= 11 is 0. The zero-order valence-electron chi connectivity index (χ0n) is 20.3. The number of rotatable bonds is 5. The Kier molecular flexibility index (Phi) is 6.74. The fourth-order valence-electron chi connectivity index (χ4n) is 4.96. The number of hydrogen-bond acceptors (Lipinski definition) is 7.